The second kappa shape index (κ2) is 4.33. The molecule has 1 fully saturated rings. The van der Waals surface area contributed by atoms with E-state index in [4.69, 9.17) is 4.74 Å². The topological polar surface area (TPSA) is 49.9 Å². The molecule has 3 rings (SSSR count). The van der Waals surface area contributed by atoms with Gasteiger partial charge >= 0.3 is 0 Å². The molecule has 1 aliphatic heterocycles. The molecule has 0 radical (unpaired) electrons. The fraction of sp³-hybridized carbons (Fsp3) is 0.417. The summed E-state index contributed by atoms with van der Waals surface area (Å²) < 4.78 is 18.9. The third kappa shape index (κ3) is 2.10. The summed E-state index contributed by atoms with van der Waals surface area (Å²) in [5.74, 6) is 0.307. The van der Waals surface area contributed by atoms with E-state index in [0.717, 1.165) is 31.3 Å². The minimum atomic E-state index is -0.269. The predicted octanol–water partition coefficient (Wildman–Crippen LogP) is 1.83. The van der Waals surface area contributed by atoms with Crippen LogP contribution >= 0.6 is 0 Å². The molecular formula is C12H14FN3O. The first-order valence-electron chi connectivity index (χ1n) is 5.84. The molecule has 0 amide bonds. The van der Waals surface area contributed by atoms with E-state index in [1.807, 2.05) is 0 Å². The van der Waals surface area contributed by atoms with Crippen LogP contribution in [0.2, 0.25) is 0 Å². The number of aromatic nitrogens is 2. The number of halogens is 1. The highest BCUT2D eigenvalue weighted by Crippen LogP contribution is 2.25. The highest BCUT2D eigenvalue weighted by Gasteiger charge is 2.17. The Labute approximate surface area is 98.2 Å². The summed E-state index contributed by atoms with van der Waals surface area (Å²) in [6.07, 6.45) is 2.17. The van der Waals surface area contributed by atoms with E-state index in [1.54, 1.807) is 6.07 Å². The lowest BCUT2D eigenvalue weighted by Gasteiger charge is -2.22. The molecule has 0 saturated carbocycles. The number of nitrogens with zero attached hydrogens (tertiary/aromatic N) is 1. The molecule has 2 N–H and O–H groups in total. The van der Waals surface area contributed by atoms with Gasteiger partial charge in [-0.25, -0.2) is 4.39 Å². The SMILES string of the molecule is Fc1ccc2c(OC3CCNCC3)n[nH]c2c1. The van der Waals surface area contributed by atoms with Gasteiger partial charge < -0.3 is 10.1 Å². The van der Waals surface area contributed by atoms with Gasteiger partial charge in [0.2, 0.25) is 5.88 Å². The van der Waals surface area contributed by atoms with Crippen molar-refractivity contribution in [3.63, 3.8) is 0 Å². The zero-order valence-corrected chi connectivity index (χ0v) is 9.37. The molecule has 0 bridgehead atoms. The summed E-state index contributed by atoms with van der Waals surface area (Å²) in [6.45, 7) is 1.95. The summed E-state index contributed by atoms with van der Waals surface area (Å²) in [6, 6.07) is 4.55. The highest BCUT2D eigenvalue weighted by molar-refractivity contribution is 5.83. The average molecular weight is 235 g/mol. The molecule has 1 saturated heterocycles. The maximum atomic E-state index is 13.0. The minimum absolute atomic E-state index is 0.202. The van der Waals surface area contributed by atoms with Gasteiger partial charge in [-0.2, -0.15) is 0 Å². The molecule has 1 aromatic carbocycles. The van der Waals surface area contributed by atoms with Crippen molar-refractivity contribution in [2.45, 2.75) is 18.9 Å². The Morgan fingerprint density at radius 3 is 2.94 bits per heavy atom. The van der Waals surface area contributed by atoms with Gasteiger partial charge in [-0.05, 0) is 44.1 Å². The normalized spacial score (nSPS) is 17.5. The van der Waals surface area contributed by atoms with E-state index in [0.29, 0.717) is 11.4 Å². The summed E-state index contributed by atoms with van der Waals surface area (Å²) in [7, 11) is 0. The lowest BCUT2D eigenvalue weighted by atomic mass is 10.1. The summed E-state index contributed by atoms with van der Waals surface area (Å²) >= 11 is 0. The molecule has 0 spiro atoms. The number of aromatic amines is 1. The van der Waals surface area contributed by atoms with Crippen molar-refractivity contribution in [1.82, 2.24) is 15.5 Å². The van der Waals surface area contributed by atoms with Crippen molar-refractivity contribution >= 4 is 10.9 Å². The van der Waals surface area contributed by atoms with Crippen LogP contribution in [0.25, 0.3) is 10.9 Å². The Kier molecular flexibility index (Phi) is 2.68. The van der Waals surface area contributed by atoms with Gasteiger partial charge in [0.05, 0.1) is 10.9 Å². The summed E-state index contributed by atoms with van der Waals surface area (Å²) in [4.78, 5) is 0. The van der Waals surface area contributed by atoms with E-state index in [2.05, 4.69) is 15.5 Å². The molecule has 4 nitrogen and oxygen atoms in total. The molecule has 2 aromatic rings. The molecule has 0 atom stereocenters. The Morgan fingerprint density at radius 2 is 2.12 bits per heavy atom. The second-order valence-corrected chi connectivity index (χ2v) is 4.29. The first kappa shape index (κ1) is 10.5. The Hall–Kier alpha value is -1.62. The first-order chi connectivity index (χ1) is 8.33. The summed E-state index contributed by atoms with van der Waals surface area (Å²) in [5.41, 5.74) is 0.675. The van der Waals surface area contributed by atoms with E-state index in [9.17, 15) is 4.39 Å². The zero-order chi connectivity index (χ0) is 11.7. The molecule has 17 heavy (non-hydrogen) atoms. The van der Waals surface area contributed by atoms with E-state index in [1.165, 1.54) is 12.1 Å². The number of benzene rings is 1. The van der Waals surface area contributed by atoms with Crippen molar-refractivity contribution < 1.29 is 9.13 Å². The van der Waals surface area contributed by atoms with Crippen LogP contribution in [0.4, 0.5) is 4.39 Å². The summed E-state index contributed by atoms with van der Waals surface area (Å²) in [5, 5.41) is 11.0. The smallest absolute Gasteiger partial charge is 0.240 e. The van der Waals surface area contributed by atoms with Crippen molar-refractivity contribution in [1.29, 1.82) is 0 Å². The molecule has 5 heteroatoms. The lowest BCUT2D eigenvalue weighted by molar-refractivity contribution is 0.158. The van der Waals surface area contributed by atoms with Crippen LogP contribution < -0.4 is 10.1 Å². The van der Waals surface area contributed by atoms with Gasteiger partial charge in [-0.1, -0.05) is 0 Å². The fourth-order valence-electron chi connectivity index (χ4n) is 2.13. The number of H-pyrrole nitrogens is 1. The number of hydrogen-bond donors (Lipinski definition) is 2. The van der Waals surface area contributed by atoms with Gasteiger partial charge in [0, 0.05) is 0 Å². The quantitative estimate of drug-likeness (QED) is 0.835. The molecular weight excluding hydrogens is 221 g/mol. The maximum absolute atomic E-state index is 13.0. The van der Waals surface area contributed by atoms with Crippen molar-refractivity contribution in [2.24, 2.45) is 0 Å². The zero-order valence-electron chi connectivity index (χ0n) is 9.37. The standard InChI is InChI=1S/C12H14FN3O/c13-8-1-2-10-11(7-8)15-16-12(10)17-9-3-5-14-6-4-9/h1-2,7,9,14H,3-6H2,(H,15,16). The molecule has 1 aliphatic rings. The predicted molar refractivity (Wildman–Crippen MR) is 62.6 cm³/mol. The van der Waals surface area contributed by atoms with Crippen LogP contribution in [0.3, 0.4) is 0 Å². The Bertz CT molecular complexity index is 519. The number of nitrogens with one attached hydrogen (secondary N) is 2. The maximum Gasteiger partial charge on any atom is 0.240 e. The van der Waals surface area contributed by atoms with Crippen LogP contribution in [-0.4, -0.2) is 29.4 Å². The van der Waals surface area contributed by atoms with Crippen LogP contribution in [0.1, 0.15) is 12.8 Å². The van der Waals surface area contributed by atoms with Gasteiger partial charge in [-0.3, -0.25) is 5.10 Å². The molecule has 0 aliphatic carbocycles. The average Bonchev–Trinajstić information content (AvgIpc) is 2.73. The minimum Gasteiger partial charge on any atom is -0.473 e. The molecule has 90 valence electrons. The first-order valence-corrected chi connectivity index (χ1v) is 5.84. The van der Waals surface area contributed by atoms with E-state index < -0.39 is 0 Å². The number of piperidine rings is 1. The number of fused-ring (bicyclic) bond motifs is 1. The lowest BCUT2D eigenvalue weighted by Crippen LogP contribution is -2.34. The van der Waals surface area contributed by atoms with Crippen molar-refractivity contribution in [3.05, 3.63) is 24.0 Å². The van der Waals surface area contributed by atoms with Gasteiger partial charge in [0.15, 0.2) is 0 Å². The van der Waals surface area contributed by atoms with Crippen LogP contribution in [-0.2, 0) is 0 Å². The van der Waals surface area contributed by atoms with Gasteiger partial charge in [-0.15, -0.1) is 5.10 Å². The monoisotopic (exact) mass is 235 g/mol. The van der Waals surface area contributed by atoms with Crippen LogP contribution in [0, 0.1) is 5.82 Å². The Balaban J connectivity index is 1.84. The van der Waals surface area contributed by atoms with Gasteiger partial charge in [0.25, 0.3) is 0 Å². The van der Waals surface area contributed by atoms with Crippen LogP contribution in [0.15, 0.2) is 18.2 Å². The number of rotatable bonds is 2. The second-order valence-electron chi connectivity index (χ2n) is 4.29. The third-order valence-electron chi connectivity index (χ3n) is 3.05. The van der Waals surface area contributed by atoms with E-state index >= 15 is 0 Å². The number of ether oxygens (including phenoxy) is 1. The van der Waals surface area contributed by atoms with E-state index in [-0.39, 0.29) is 11.9 Å². The third-order valence-corrected chi connectivity index (χ3v) is 3.05. The van der Waals surface area contributed by atoms with Crippen molar-refractivity contribution in [2.75, 3.05) is 13.1 Å². The van der Waals surface area contributed by atoms with Crippen molar-refractivity contribution in [3.8, 4) is 5.88 Å². The Morgan fingerprint density at radius 1 is 1.29 bits per heavy atom. The fourth-order valence-corrected chi connectivity index (χ4v) is 2.13. The molecule has 0 unspecified atom stereocenters. The largest absolute Gasteiger partial charge is 0.473 e. The molecule has 1 aromatic heterocycles. The molecule has 2 heterocycles. The highest BCUT2D eigenvalue weighted by atomic mass is 19.1. The van der Waals surface area contributed by atoms with Crippen LogP contribution in [0.5, 0.6) is 5.88 Å². The van der Waals surface area contributed by atoms with Gasteiger partial charge in [0.1, 0.15) is 11.9 Å². The number of hydrogen-bond acceptors (Lipinski definition) is 3.